The lowest BCUT2D eigenvalue weighted by atomic mass is 9.87. The molecule has 1 aromatic heterocycles. The van der Waals surface area contributed by atoms with E-state index in [9.17, 15) is 14.0 Å². The van der Waals surface area contributed by atoms with E-state index in [4.69, 9.17) is 4.98 Å². The van der Waals surface area contributed by atoms with Gasteiger partial charge < -0.3 is 14.4 Å². The van der Waals surface area contributed by atoms with E-state index < -0.39 is 0 Å². The molecule has 39 heavy (non-hydrogen) atoms. The Morgan fingerprint density at radius 1 is 1.08 bits per heavy atom. The third-order valence-corrected chi connectivity index (χ3v) is 9.87. The number of aromatic nitrogens is 2. The van der Waals surface area contributed by atoms with Crippen LogP contribution >= 0.6 is 0 Å². The number of likely N-dealkylation sites (tertiary alicyclic amines) is 1. The van der Waals surface area contributed by atoms with Crippen LogP contribution in [0.25, 0.3) is 0 Å². The summed E-state index contributed by atoms with van der Waals surface area (Å²) in [5.41, 5.74) is 3.41. The summed E-state index contributed by atoms with van der Waals surface area (Å²) in [6, 6.07) is 8.49. The molecule has 8 heteroatoms. The fourth-order valence-corrected chi connectivity index (χ4v) is 8.03. The van der Waals surface area contributed by atoms with Crippen LogP contribution in [0.4, 0.5) is 4.39 Å². The van der Waals surface area contributed by atoms with E-state index in [1.54, 1.807) is 19.1 Å². The summed E-state index contributed by atoms with van der Waals surface area (Å²) in [6.45, 7) is 11.5. The number of carbonyl (C=O) groups excluding carboxylic acids is 2. The van der Waals surface area contributed by atoms with Crippen LogP contribution in [0.3, 0.4) is 0 Å². The predicted octanol–water partition coefficient (Wildman–Crippen LogP) is 4.30. The number of piperidine rings is 1. The average Bonchev–Trinajstić information content (AvgIpc) is 3.53. The first kappa shape index (κ1) is 26.5. The highest BCUT2D eigenvalue weighted by atomic mass is 19.1. The first-order chi connectivity index (χ1) is 18.7. The summed E-state index contributed by atoms with van der Waals surface area (Å²) in [7, 11) is 0. The van der Waals surface area contributed by atoms with E-state index in [0.717, 1.165) is 56.0 Å². The second-order valence-corrected chi connectivity index (χ2v) is 12.6. The standard InChI is InChI=1S/C31H42FN5O2/c1-19(2)31(39)35-15-23(28(17-35)22-6-5-7-24(32)12-22)16-36-25-8-9-26(36)14-27(13-25)37-20(3)33-29-18-34(21(4)38)11-10-30(29)37/h5-7,12,19,23,25-28H,8-11,13-18H2,1-4H3/t23-,25-,26+,27?,28-/m1/s1. The van der Waals surface area contributed by atoms with Gasteiger partial charge in [0.25, 0.3) is 0 Å². The Morgan fingerprint density at radius 3 is 2.49 bits per heavy atom. The van der Waals surface area contributed by atoms with Crippen molar-refractivity contribution in [2.45, 2.75) is 90.4 Å². The van der Waals surface area contributed by atoms with Gasteiger partial charge in [0, 0.05) is 75.2 Å². The summed E-state index contributed by atoms with van der Waals surface area (Å²) in [5, 5.41) is 0. The smallest absolute Gasteiger partial charge is 0.225 e. The van der Waals surface area contributed by atoms with E-state index in [1.807, 2.05) is 29.7 Å². The second-order valence-electron chi connectivity index (χ2n) is 12.6. The van der Waals surface area contributed by atoms with Crippen LogP contribution < -0.4 is 0 Å². The zero-order valence-electron chi connectivity index (χ0n) is 23.8. The molecule has 7 nitrogen and oxygen atoms in total. The highest BCUT2D eigenvalue weighted by Crippen LogP contribution is 2.44. The number of nitrogens with zero attached hydrogens (tertiary/aromatic N) is 5. The summed E-state index contributed by atoms with van der Waals surface area (Å²) in [5.74, 6) is 1.62. The van der Waals surface area contributed by atoms with E-state index in [-0.39, 0.29) is 29.5 Å². The Bertz CT molecular complexity index is 1240. The Labute approximate surface area is 231 Å². The van der Waals surface area contributed by atoms with Crippen LogP contribution in [0.2, 0.25) is 0 Å². The molecule has 5 heterocycles. The topological polar surface area (TPSA) is 61.7 Å². The zero-order valence-corrected chi connectivity index (χ0v) is 23.8. The van der Waals surface area contributed by atoms with Crippen molar-refractivity contribution in [1.82, 2.24) is 24.3 Å². The van der Waals surface area contributed by atoms with Crippen molar-refractivity contribution in [2.75, 3.05) is 26.2 Å². The fourth-order valence-electron chi connectivity index (χ4n) is 8.03. The monoisotopic (exact) mass is 535 g/mol. The Morgan fingerprint density at radius 2 is 1.82 bits per heavy atom. The van der Waals surface area contributed by atoms with Crippen LogP contribution in [0.15, 0.2) is 24.3 Å². The fraction of sp³-hybridized carbons (Fsp3) is 0.645. The van der Waals surface area contributed by atoms with Crippen LogP contribution in [0.5, 0.6) is 0 Å². The Kier molecular flexibility index (Phi) is 7.02. The number of amides is 2. The number of carbonyl (C=O) groups is 2. The van der Waals surface area contributed by atoms with Crippen LogP contribution in [0, 0.1) is 24.6 Å². The van der Waals surface area contributed by atoms with Crippen LogP contribution in [0.1, 0.15) is 81.2 Å². The van der Waals surface area contributed by atoms with E-state index >= 15 is 0 Å². The van der Waals surface area contributed by atoms with Crippen molar-refractivity contribution in [2.24, 2.45) is 11.8 Å². The van der Waals surface area contributed by atoms with Crippen molar-refractivity contribution in [3.8, 4) is 0 Å². The summed E-state index contributed by atoms with van der Waals surface area (Å²) in [4.78, 5) is 36.5. The highest BCUT2D eigenvalue weighted by molar-refractivity contribution is 5.78. The lowest BCUT2D eigenvalue weighted by Crippen LogP contribution is -2.47. The van der Waals surface area contributed by atoms with Gasteiger partial charge in [-0.1, -0.05) is 26.0 Å². The molecule has 0 N–H and O–H groups in total. The van der Waals surface area contributed by atoms with Gasteiger partial charge in [0.15, 0.2) is 0 Å². The van der Waals surface area contributed by atoms with Gasteiger partial charge in [-0.25, -0.2) is 9.37 Å². The lowest BCUT2D eigenvalue weighted by Gasteiger charge is -2.42. The van der Waals surface area contributed by atoms with Crippen molar-refractivity contribution >= 4 is 11.8 Å². The van der Waals surface area contributed by atoms with Gasteiger partial charge in [0.2, 0.25) is 11.8 Å². The quantitative estimate of drug-likeness (QED) is 0.573. The lowest BCUT2D eigenvalue weighted by molar-refractivity contribution is -0.133. The van der Waals surface area contributed by atoms with Gasteiger partial charge in [-0.15, -0.1) is 0 Å². The molecular formula is C31H42FN5O2. The molecular weight excluding hydrogens is 493 g/mol. The molecule has 6 rings (SSSR count). The third kappa shape index (κ3) is 4.90. The molecule has 4 aliphatic heterocycles. The van der Waals surface area contributed by atoms with E-state index in [0.29, 0.717) is 37.1 Å². The van der Waals surface area contributed by atoms with Crippen molar-refractivity contribution in [1.29, 1.82) is 0 Å². The molecule has 2 bridgehead atoms. The minimum absolute atomic E-state index is 0.0318. The largest absolute Gasteiger partial charge is 0.342 e. The van der Waals surface area contributed by atoms with Crippen LogP contribution in [-0.2, 0) is 22.6 Å². The molecule has 210 valence electrons. The molecule has 5 atom stereocenters. The average molecular weight is 536 g/mol. The van der Waals surface area contributed by atoms with Gasteiger partial charge in [0.1, 0.15) is 11.6 Å². The van der Waals surface area contributed by atoms with Crippen molar-refractivity contribution in [3.05, 3.63) is 52.9 Å². The molecule has 3 saturated heterocycles. The minimum Gasteiger partial charge on any atom is -0.342 e. The summed E-state index contributed by atoms with van der Waals surface area (Å²) < 4.78 is 16.7. The van der Waals surface area contributed by atoms with Gasteiger partial charge in [-0.3, -0.25) is 14.5 Å². The maximum absolute atomic E-state index is 14.2. The predicted molar refractivity (Wildman–Crippen MR) is 148 cm³/mol. The second kappa shape index (κ2) is 10.3. The van der Waals surface area contributed by atoms with Gasteiger partial charge in [-0.2, -0.15) is 0 Å². The van der Waals surface area contributed by atoms with Crippen molar-refractivity contribution in [3.63, 3.8) is 0 Å². The molecule has 1 aromatic carbocycles. The number of aryl methyl sites for hydroxylation is 1. The maximum atomic E-state index is 14.2. The zero-order chi connectivity index (χ0) is 27.4. The molecule has 2 amide bonds. The number of rotatable bonds is 5. The molecule has 0 spiro atoms. The van der Waals surface area contributed by atoms with Crippen LogP contribution in [-0.4, -0.2) is 74.3 Å². The molecule has 3 fully saturated rings. The van der Waals surface area contributed by atoms with Gasteiger partial charge >= 0.3 is 0 Å². The van der Waals surface area contributed by atoms with E-state index in [1.165, 1.54) is 24.6 Å². The molecule has 0 saturated carbocycles. The number of imidazole rings is 1. The maximum Gasteiger partial charge on any atom is 0.225 e. The normalized spacial score (nSPS) is 28.8. The molecule has 2 aromatic rings. The summed E-state index contributed by atoms with van der Waals surface area (Å²) in [6.07, 6.45) is 5.52. The number of hydrogen-bond acceptors (Lipinski definition) is 4. The molecule has 1 unspecified atom stereocenters. The number of fused-ring (bicyclic) bond motifs is 3. The first-order valence-electron chi connectivity index (χ1n) is 14.8. The van der Waals surface area contributed by atoms with Gasteiger partial charge in [-0.05, 0) is 56.2 Å². The SMILES string of the molecule is CC(=O)N1CCc2c(nc(C)n2C2C[C@H]3CC[C@@H](C2)N3C[C@H]2CN(C(=O)C(C)C)C[C@@H]2c2cccc(F)c2)C1. The Hall–Kier alpha value is -2.74. The number of benzene rings is 1. The first-order valence-corrected chi connectivity index (χ1v) is 14.8. The Balaban J connectivity index is 1.20. The number of halogens is 1. The molecule has 4 aliphatic rings. The minimum atomic E-state index is -0.203. The molecule has 0 aliphatic carbocycles. The van der Waals surface area contributed by atoms with Gasteiger partial charge in [0.05, 0.1) is 12.2 Å². The number of hydrogen-bond donors (Lipinski definition) is 0. The molecule has 0 radical (unpaired) electrons. The van der Waals surface area contributed by atoms with Crippen molar-refractivity contribution < 1.29 is 14.0 Å². The van der Waals surface area contributed by atoms with E-state index in [2.05, 4.69) is 16.4 Å². The summed E-state index contributed by atoms with van der Waals surface area (Å²) >= 11 is 0. The third-order valence-electron chi connectivity index (χ3n) is 9.87. The highest BCUT2D eigenvalue weighted by Gasteiger charge is 2.46.